The van der Waals surface area contributed by atoms with Gasteiger partial charge in [0.2, 0.25) is 0 Å². The van der Waals surface area contributed by atoms with E-state index >= 15 is 0 Å². The molecule has 2 rings (SSSR count). The van der Waals surface area contributed by atoms with E-state index in [0.29, 0.717) is 6.61 Å². The van der Waals surface area contributed by atoms with Gasteiger partial charge >= 0.3 is 0 Å². The summed E-state index contributed by atoms with van der Waals surface area (Å²) in [4.78, 5) is 6.95. The highest BCUT2D eigenvalue weighted by Crippen LogP contribution is 2.28. The van der Waals surface area contributed by atoms with Crippen LogP contribution in [0.5, 0.6) is 11.5 Å². The Hall–Kier alpha value is -1.95. The molecule has 0 amide bonds. The fraction of sp³-hybridized carbons (Fsp3) is 0.696. The molecule has 1 aliphatic heterocycles. The van der Waals surface area contributed by atoms with Crippen LogP contribution in [0.4, 0.5) is 0 Å². The van der Waals surface area contributed by atoms with Crippen molar-refractivity contribution in [1.82, 2.24) is 15.5 Å². The lowest BCUT2D eigenvalue weighted by molar-refractivity contribution is 0.185. The van der Waals surface area contributed by atoms with Crippen molar-refractivity contribution in [2.75, 3.05) is 53.5 Å². The Bertz CT molecular complexity index is 613. The summed E-state index contributed by atoms with van der Waals surface area (Å²) in [5.41, 5.74) is 1.26. The Labute approximate surface area is 177 Å². The van der Waals surface area contributed by atoms with Crippen LogP contribution in [0.1, 0.15) is 45.1 Å². The van der Waals surface area contributed by atoms with Crippen LogP contribution in [0.25, 0.3) is 0 Å². The van der Waals surface area contributed by atoms with Gasteiger partial charge in [-0.25, -0.2) is 0 Å². The van der Waals surface area contributed by atoms with Gasteiger partial charge in [-0.1, -0.05) is 13.0 Å². The summed E-state index contributed by atoms with van der Waals surface area (Å²) in [6, 6.07) is 6.18. The third-order valence-corrected chi connectivity index (χ3v) is 5.49. The van der Waals surface area contributed by atoms with Crippen molar-refractivity contribution >= 4 is 5.96 Å². The summed E-state index contributed by atoms with van der Waals surface area (Å²) in [7, 11) is 3.52. The van der Waals surface area contributed by atoms with E-state index < -0.39 is 0 Å². The zero-order chi connectivity index (χ0) is 20.9. The number of aryl methyl sites for hydroxylation is 1. The molecule has 0 spiro atoms. The predicted octanol–water partition coefficient (Wildman–Crippen LogP) is 3.31. The van der Waals surface area contributed by atoms with Gasteiger partial charge in [0.1, 0.15) is 0 Å². The van der Waals surface area contributed by atoms with Crippen molar-refractivity contribution in [3.63, 3.8) is 0 Å². The highest BCUT2D eigenvalue weighted by atomic mass is 16.5. The van der Waals surface area contributed by atoms with Crippen molar-refractivity contribution in [3.8, 4) is 11.5 Å². The van der Waals surface area contributed by atoms with Crippen LogP contribution in [-0.4, -0.2) is 64.3 Å². The van der Waals surface area contributed by atoms with E-state index in [-0.39, 0.29) is 0 Å². The van der Waals surface area contributed by atoms with Crippen LogP contribution in [0.2, 0.25) is 0 Å². The fourth-order valence-electron chi connectivity index (χ4n) is 3.84. The molecule has 1 saturated heterocycles. The zero-order valence-corrected chi connectivity index (χ0v) is 18.8. The number of nitrogens with zero attached hydrogens (tertiary/aromatic N) is 2. The molecule has 1 aromatic carbocycles. The third-order valence-electron chi connectivity index (χ3n) is 5.49. The Morgan fingerprint density at radius 2 is 1.97 bits per heavy atom. The number of methoxy groups -OCH3 is 1. The Morgan fingerprint density at radius 3 is 2.62 bits per heavy atom. The maximum Gasteiger partial charge on any atom is 0.190 e. The maximum atomic E-state index is 5.67. The molecule has 1 fully saturated rings. The lowest BCUT2D eigenvalue weighted by Crippen LogP contribution is -2.43. The lowest BCUT2D eigenvalue weighted by Gasteiger charge is -2.32. The largest absolute Gasteiger partial charge is 0.493 e. The number of piperidine rings is 1. The molecule has 1 aromatic rings. The Kier molecular flexibility index (Phi) is 10.7. The van der Waals surface area contributed by atoms with E-state index in [2.05, 4.69) is 39.6 Å². The quantitative estimate of drug-likeness (QED) is 0.337. The van der Waals surface area contributed by atoms with Crippen molar-refractivity contribution in [2.24, 2.45) is 10.9 Å². The van der Waals surface area contributed by atoms with Crippen LogP contribution in [0.15, 0.2) is 23.2 Å². The van der Waals surface area contributed by atoms with E-state index in [1.165, 1.54) is 44.5 Å². The minimum atomic E-state index is 0.640. The fourth-order valence-corrected chi connectivity index (χ4v) is 3.84. The summed E-state index contributed by atoms with van der Waals surface area (Å²) in [6.45, 7) is 10.5. The smallest absolute Gasteiger partial charge is 0.190 e. The van der Waals surface area contributed by atoms with Gasteiger partial charge in [0.25, 0.3) is 0 Å². The first-order valence-electron chi connectivity index (χ1n) is 11.2. The second-order valence-electron chi connectivity index (χ2n) is 7.69. The van der Waals surface area contributed by atoms with Crippen LogP contribution in [0, 0.1) is 5.92 Å². The molecule has 6 nitrogen and oxygen atoms in total. The zero-order valence-electron chi connectivity index (χ0n) is 18.8. The second-order valence-corrected chi connectivity index (χ2v) is 7.69. The van der Waals surface area contributed by atoms with E-state index in [1.54, 1.807) is 7.11 Å². The minimum absolute atomic E-state index is 0.640. The molecule has 0 bridgehead atoms. The Balaban J connectivity index is 1.66. The summed E-state index contributed by atoms with van der Waals surface area (Å²) < 4.78 is 11.0. The van der Waals surface area contributed by atoms with Crippen LogP contribution in [0.3, 0.4) is 0 Å². The van der Waals surface area contributed by atoms with Crippen LogP contribution >= 0.6 is 0 Å². The number of hydrogen-bond donors (Lipinski definition) is 2. The first kappa shape index (κ1) is 23.3. The molecular weight excluding hydrogens is 364 g/mol. The number of nitrogens with one attached hydrogen (secondary N) is 2. The van der Waals surface area contributed by atoms with Gasteiger partial charge in [0.15, 0.2) is 17.5 Å². The van der Waals surface area contributed by atoms with E-state index in [9.17, 15) is 0 Å². The average Bonchev–Trinajstić information content (AvgIpc) is 2.75. The molecule has 1 heterocycles. The van der Waals surface area contributed by atoms with Crippen molar-refractivity contribution in [1.29, 1.82) is 0 Å². The normalized spacial score (nSPS) is 15.9. The molecule has 164 valence electrons. The number of benzene rings is 1. The molecule has 6 heteroatoms. The topological polar surface area (TPSA) is 58.1 Å². The standard InChI is InChI=1S/C23H40N4O2/c1-5-14-27-15-11-20(12-16-27)18-26-23(24-3)25-13-7-8-19-9-10-21(28-4)22(17-19)29-6-2/h9-10,17,20H,5-8,11-16,18H2,1-4H3,(H2,24,25,26). The molecule has 0 atom stereocenters. The number of aliphatic imine (C=N–C) groups is 1. The SMILES string of the molecule is CCCN1CCC(CNC(=NC)NCCCc2ccc(OC)c(OCC)c2)CC1. The monoisotopic (exact) mass is 404 g/mol. The van der Waals surface area contributed by atoms with Gasteiger partial charge in [-0.2, -0.15) is 0 Å². The first-order valence-corrected chi connectivity index (χ1v) is 11.2. The predicted molar refractivity (Wildman–Crippen MR) is 121 cm³/mol. The van der Waals surface area contributed by atoms with Crippen LogP contribution in [-0.2, 0) is 6.42 Å². The molecule has 0 aliphatic carbocycles. The molecule has 29 heavy (non-hydrogen) atoms. The van der Waals surface area contributed by atoms with Crippen LogP contribution < -0.4 is 20.1 Å². The number of hydrogen-bond acceptors (Lipinski definition) is 4. The van der Waals surface area contributed by atoms with Gasteiger partial charge in [-0.05, 0) is 82.3 Å². The average molecular weight is 405 g/mol. The van der Waals surface area contributed by atoms with Gasteiger partial charge in [0.05, 0.1) is 13.7 Å². The van der Waals surface area contributed by atoms with E-state index in [1.807, 2.05) is 20.0 Å². The number of ether oxygens (including phenoxy) is 2. The van der Waals surface area contributed by atoms with Gasteiger partial charge < -0.3 is 25.0 Å². The number of rotatable bonds is 11. The summed E-state index contributed by atoms with van der Waals surface area (Å²) in [5.74, 6) is 3.27. The molecule has 0 radical (unpaired) electrons. The van der Waals surface area contributed by atoms with E-state index in [4.69, 9.17) is 9.47 Å². The second kappa shape index (κ2) is 13.3. The first-order chi connectivity index (χ1) is 14.2. The molecule has 0 unspecified atom stereocenters. The maximum absolute atomic E-state index is 5.67. The molecule has 0 aromatic heterocycles. The molecule has 0 saturated carbocycles. The van der Waals surface area contributed by atoms with E-state index in [0.717, 1.165) is 49.3 Å². The highest BCUT2D eigenvalue weighted by molar-refractivity contribution is 5.79. The lowest BCUT2D eigenvalue weighted by atomic mass is 9.97. The third kappa shape index (κ3) is 8.13. The van der Waals surface area contributed by atoms with Gasteiger partial charge in [-0.15, -0.1) is 0 Å². The molecule has 2 N–H and O–H groups in total. The Morgan fingerprint density at radius 1 is 1.17 bits per heavy atom. The number of guanidine groups is 1. The molecular formula is C23H40N4O2. The summed E-state index contributed by atoms with van der Waals surface area (Å²) in [5, 5.41) is 6.95. The number of likely N-dealkylation sites (tertiary alicyclic amines) is 1. The molecule has 1 aliphatic rings. The summed E-state index contributed by atoms with van der Waals surface area (Å²) >= 11 is 0. The van der Waals surface area contributed by atoms with Crippen molar-refractivity contribution in [2.45, 2.75) is 46.0 Å². The van der Waals surface area contributed by atoms with Crippen molar-refractivity contribution < 1.29 is 9.47 Å². The minimum Gasteiger partial charge on any atom is -0.493 e. The highest BCUT2D eigenvalue weighted by Gasteiger charge is 2.18. The van der Waals surface area contributed by atoms with Gasteiger partial charge in [0, 0.05) is 20.1 Å². The van der Waals surface area contributed by atoms with Crippen molar-refractivity contribution in [3.05, 3.63) is 23.8 Å². The summed E-state index contributed by atoms with van der Waals surface area (Å²) in [6.07, 6.45) is 5.84. The van der Waals surface area contributed by atoms with Gasteiger partial charge in [-0.3, -0.25) is 4.99 Å².